The normalized spacial score (nSPS) is 13.0. The molecule has 1 amide bonds. The van der Waals surface area contributed by atoms with Crippen molar-refractivity contribution in [3.05, 3.63) is 11.4 Å². The van der Waals surface area contributed by atoms with Crippen LogP contribution < -0.4 is 5.73 Å². The molecule has 0 aliphatic heterocycles. The first-order valence-corrected chi connectivity index (χ1v) is 6.21. The summed E-state index contributed by atoms with van der Waals surface area (Å²) in [6, 6.07) is 0.248. The number of carbonyl (C=O) groups excluding carboxylic acids is 1. The molecule has 0 aliphatic rings. The predicted octanol–water partition coefficient (Wildman–Crippen LogP) is 1.94. The molecule has 1 atom stereocenters. The van der Waals surface area contributed by atoms with Crippen molar-refractivity contribution < 1.29 is 4.79 Å². The van der Waals surface area contributed by atoms with Crippen molar-refractivity contribution in [3.8, 4) is 0 Å². The quantitative estimate of drug-likeness (QED) is 0.823. The number of primary amides is 1. The molecule has 1 rings (SSSR count). The van der Waals surface area contributed by atoms with E-state index in [1.165, 1.54) is 0 Å². The maximum absolute atomic E-state index is 11.3. The standard InChI is InChI=1S/C12H22N4O/c1-5-9(4)16-10(7-6-8(2)3)11(12(13)17)14-15-16/h8-9H,5-7H2,1-4H3,(H2,13,17). The van der Waals surface area contributed by atoms with Gasteiger partial charge in [-0.2, -0.15) is 0 Å². The summed E-state index contributed by atoms with van der Waals surface area (Å²) in [6.45, 7) is 8.46. The molecule has 1 aromatic heterocycles. The van der Waals surface area contributed by atoms with Crippen molar-refractivity contribution in [3.63, 3.8) is 0 Å². The smallest absolute Gasteiger partial charge is 0.271 e. The van der Waals surface area contributed by atoms with Crippen LogP contribution in [0.25, 0.3) is 0 Å². The molecule has 1 unspecified atom stereocenters. The minimum absolute atomic E-state index is 0.248. The number of hydrogen-bond donors (Lipinski definition) is 1. The van der Waals surface area contributed by atoms with E-state index in [0.717, 1.165) is 25.0 Å². The minimum atomic E-state index is -0.488. The Morgan fingerprint density at radius 1 is 1.41 bits per heavy atom. The zero-order chi connectivity index (χ0) is 13.0. The zero-order valence-electron chi connectivity index (χ0n) is 11.1. The molecular formula is C12H22N4O. The van der Waals surface area contributed by atoms with Gasteiger partial charge in [0.2, 0.25) is 0 Å². The first-order valence-electron chi connectivity index (χ1n) is 6.21. The summed E-state index contributed by atoms with van der Waals surface area (Å²) in [5.74, 6) is 0.0920. The summed E-state index contributed by atoms with van der Waals surface area (Å²) in [5, 5.41) is 7.95. The number of aromatic nitrogens is 3. The molecule has 0 radical (unpaired) electrons. The van der Waals surface area contributed by atoms with E-state index >= 15 is 0 Å². The molecule has 2 N–H and O–H groups in total. The summed E-state index contributed by atoms with van der Waals surface area (Å²) < 4.78 is 1.84. The first-order chi connectivity index (χ1) is 7.97. The maximum atomic E-state index is 11.3. The van der Waals surface area contributed by atoms with E-state index in [1.807, 2.05) is 4.68 Å². The van der Waals surface area contributed by atoms with Gasteiger partial charge in [-0.3, -0.25) is 4.79 Å². The largest absolute Gasteiger partial charge is 0.364 e. The Balaban J connectivity index is 3.01. The molecule has 0 saturated carbocycles. The van der Waals surface area contributed by atoms with E-state index in [9.17, 15) is 4.79 Å². The Morgan fingerprint density at radius 2 is 2.06 bits per heavy atom. The molecular weight excluding hydrogens is 216 g/mol. The SMILES string of the molecule is CCC(C)n1nnc(C(N)=O)c1CCC(C)C. The van der Waals surface area contributed by atoms with Crippen LogP contribution in [0, 0.1) is 5.92 Å². The van der Waals surface area contributed by atoms with Crippen LogP contribution >= 0.6 is 0 Å². The Morgan fingerprint density at radius 3 is 2.53 bits per heavy atom. The number of carbonyl (C=O) groups is 1. The van der Waals surface area contributed by atoms with Crippen molar-refractivity contribution in [2.75, 3.05) is 0 Å². The van der Waals surface area contributed by atoms with Crippen molar-refractivity contribution in [1.82, 2.24) is 15.0 Å². The average Bonchev–Trinajstić information content (AvgIpc) is 2.68. The van der Waals surface area contributed by atoms with E-state index in [4.69, 9.17) is 5.73 Å². The lowest BCUT2D eigenvalue weighted by Crippen LogP contribution is -2.17. The lowest BCUT2D eigenvalue weighted by Gasteiger charge is -2.13. The van der Waals surface area contributed by atoms with Gasteiger partial charge in [-0.05, 0) is 32.1 Å². The molecule has 96 valence electrons. The third-order valence-corrected chi connectivity index (χ3v) is 2.99. The van der Waals surface area contributed by atoms with E-state index in [2.05, 4.69) is 38.0 Å². The molecule has 0 saturated heterocycles. The fourth-order valence-corrected chi connectivity index (χ4v) is 1.69. The molecule has 0 aliphatic carbocycles. The lowest BCUT2D eigenvalue weighted by molar-refractivity contribution is 0.0994. The summed E-state index contributed by atoms with van der Waals surface area (Å²) in [4.78, 5) is 11.3. The summed E-state index contributed by atoms with van der Waals surface area (Å²) in [6.07, 6.45) is 2.76. The first kappa shape index (κ1) is 13.7. The molecule has 1 aromatic rings. The Hall–Kier alpha value is -1.39. The van der Waals surface area contributed by atoms with Crippen LogP contribution in [-0.4, -0.2) is 20.9 Å². The fraction of sp³-hybridized carbons (Fsp3) is 0.750. The van der Waals surface area contributed by atoms with Gasteiger partial charge in [0.1, 0.15) is 0 Å². The zero-order valence-corrected chi connectivity index (χ0v) is 11.1. The highest BCUT2D eigenvalue weighted by atomic mass is 16.1. The average molecular weight is 238 g/mol. The van der Waals surface area contributed by atoms with E-state index in [0.29, 0.717) is 11.6 Å². The van der Waals surface area contributed by atoms with Crippen molar-refractivity contribution in [2.45, 2.75) is 53.0 Å². The van der Waals surface area contributed by atoms with Gasteiger partial charge in [0.15, 0.2) is 5.69 Å². The second-order valence-corrected chi connectivity index (χ2v) is 4.88. The van der Waals surface area contributed by atoms with Crippen LogP contribution in [-0.2, 0) is 6.42 Å². The predicted molar refractivity (Wildman–Crippen MR) is 66.7 cm³/mol. The van der Waals surface area contributed by atoms with Crippen LogP contribution in [0.4, 0.5) is 0 Å². The third kappa shape index (κ3) is 3.28. The fourth-order valence-electron chi connectivity index (χ4n) is 1.69. The van der Waals surface area contributed by atoms with Gasteiger partial charge in [0.25, 0.3) is 5.91 Å². The van der Waals surface area contributed by atoms with Crippen molar-refractivity contribution in [2.24, 2.45) is 11.7 Å². The second kappa shape index (κ2) is 5.80. The minimum Gasteiger partial charge on any atom is -0.364 e. The number of nitrogens with two attached hydrogens (primary N) is 1. The van der Waals surface area contributed by atoms with Gasteiger partial charge in [-0.1, -0.05) is 26.0 Å². The van der Waals surface area contributed by atoms with Gasteiger partial charge in [0, 0.05) is 0 Å². The number of rotatable bonds is 6. The molecule has 0 aromatic carbocycles. The molecule has 5 nitrogen and oxygen atoms in total. The van der Waals surface area contributed by atoms with Gasteiger partial charge >= 0.3 is 0 Å². The highest BCUT2D eigenvalue weighted by Crippen LogP contribution is 2.17. The van der Waals surface area contributed by atoms with Gasteiger partial charge in [-0.15, -0.1) is 5.10 Å². The molecule has 5 heteroatoms. The molecule has 17 heavy (non-hydrogen) atoms. The van der Waals surface area contributed by atoms with E-state index in [1.54, 1.807) is 0 Å². The number of hydrogen-bond acceptors (Lipinski definition) is 3. The molecule has 0 fully saturated rings. The summed E-state index contributed by atoms with van der Waals surface area (Å²) in [7, 11) is 0. The van der Waals surface area contributed by atoms with Gasteiger partial charge < -0.3 is 5.73 Å². The van der Waals surface area contributed by atoms with Crippen LogP contribution in [0.15, 0.2) is 0 Å². The third-order valence-electron chi connectivity index (χ3n) is 2.99. The van der Waals surface area contributed by atoms with Crippen molar-refractivity contribution in [1.29, 1.82) is 0 Å². The van der Waals surface area contributed by atoms with E-state index in [-0.39, 0.29) is 6.04 Å². The topological polar surface area (TPSA) is 73.8 Å². The highest BCUT2D eigenvalue weighted by molar-refractivity contribution is 5.91. The highest BCUT2D eigenvalue weighted by Gasteiger charge is 2.19. The number of amides is 1. The Kier molecular flexibility index (Phi) is 4.66. The van der Waals surface area contributed by atoms with Gasteiger partial charge in [-0.25, -0.2) is 4.68 Å². The molecule has 0 spiro atoms. The summed E-state index contributed by atoms with van der Waals surface area (Å²) in [5.41, 5.74) is 6.52. The van der Waals surface area contributed by atoms with Crippen molar-refractivity contribution >= 4 is 5.91 Å². The van der Waals surface area contributed by atoms with Crippen LogP contribution in [0.5, 0.6) is 0 Å². The number of nitrogens with zero attached hydrogens (tertiary/aromatic N) is 3. The molecule has 0 bridgehead atoms. The van der Waals surface area contributed by atoms with Crippen LogP contribution in [0.1, 0.15) is 62.8 Å². The maximum Gasteiger partial charge on any atom is 0.271 e. The monoisotopic (exact) mass is 238 g/mol. The van der Waals surface area contributed by atoms with Crippen LogP contribution in [0.3, 0.4) is 0 Å². The Bertz CT molecular complexity index is 384. The Labute approximate surface area is 102 Å². The summed E-state index contributed by atoms with van der Waals surface area (Å²) >= 11 is 0. The molecule has 1 heterocycles. The van der Waals surface area contributed by atoms with Crippen LogP contribution in [0.2, 0.25) is 0 Å². The van der Waals surface area contributed by atoms with Gasteiger partial charge in [0.05, 0.1) is 11.7 Å². The lowest BCUT2D eigenvalue weighted by atomic mass is 10.0. The van der Waals surface area contributed by atoms with E-state index < -0.39 is 5.91 Å². The second-order valence-electron chi connectivity index (χ2n) is 4.88.